The minimum absolute atomic E-state index is 0.0669. The van der Waals surface area contributed by atoms with Crippen LogP contribution in [0.25, 0.3) is 0 Å². The summed E-state index contributed by atoms with van der Waals surface area (Å²) in [5, 5.41) is -0.859. The molecule has 0 radical (unpaired) electrons. The largest absolute Gasteiger partial charge is 0.477 e. The number of rotatable bonds is 7. The Morgan fingerprint density at radius 3 is 2.64 bits per heavy atom. The molecule has 2 saturated heterocycles. The van der Waals surface area contributed by atoms with Gasteiger partial charge in [-0.3, -0.25) is 10.2 Å². The zero-order valence-electron chi connectivity index (χ0n) is 15.2. The fraction of sp³-hybridized carbons (Fsp3) is 0.647. The van der Waals surface area contributed by atoms with Gasteiger partial charge in [-0.25, -0.2) is 27.6 Å². The van der Waals surface area contributed by atoms with Crippen LogP contribution in [0.3, 0.4) is 0 Å². The first-order chi connectivity index (χ1) is 13.2. The van der Waals surface area contributed by atoms with E-state index in [1.165, 1.54) is 11.0 Å². The summed E-state index contributed by atoms with van der Waals surface area (Å²) in [6, 6.07) is 3.09. The van der Waals surface area contributed by atoms with Crippen molar-refractivity contribution in [3.63, 3.8) is 0 Å². The summed E-state index contributed by atoms with van der Waals surface area (Å²) in [5.41, 5.74) is 5.08. The zero-order valence-corrected chi connectivity index (χ0v) is 16.0. The van der Waals surface area contributed by atoms with Gasteiger partial charge in [0, 0.05) is 6.07 Å². The Balaban J connectivity index is 1.49. The monoisotopic (exact) mass is 416 g/mol. The molecule has 154 valence electrons. The predicted octanol–water partition coefficient (Wildman–Crippen LogP) is 1.09. The summed E-state index contributed by atoms with van der Waals surface area (Å²) in [6.07, 6.45) is 3.10. The third-order valence-corrected chi connectivity index (χ3v) is 7.17. The third-order valence-electron chi connectivity index (χ3n) is 5.09. The van der Waals surface area contributed by atoms with E-state index >= 15 is 0 Å². The Kier molecular flexibility index (Phi) is 4.90. The van der Waals surface area contributed by atoms with Crippen LogP contribution in [0.15, 0.2) is 12.1 Å². The van der Waals surface area contributed by atoms with Gasteiger partial charge in [-0.1, -0.05) is 0 Å². The number of ether oxygens (including phenoxy) is 1. The van der Waals surface area contributed by atoms with Crippen LogP contribution >= 0.6 is 0 Å². The quantitative estimate of drug-likeness (QED) is 0.642. The van der Waals surface area contributed by atoms with E-state index in [2.05, 4.69) is 15.8 Å². The van der Waals surface area contributed by atoms with E-state index in [4.69, 9.17) is 4.74 Å². The lowest BCUT2D eigenvalue weighted by Crippen LogP contribution is -2.57. The fourth-order valence-corrected chi connectivity index (χ4v) is 4.88. The van der Waals surface area contributed by atoms with Gasteiger partial charge in [-0.15, -0.1) is 0 Å². The fourth-order valence-electron chi connectivity index (χ4n) is 3.27. The van der Waals surface area contributed by atoms with Crippen LogP contribution in [-0.4, -0.2) is 56.1 Å². The number of hydrogen-bond donors (Lipinski definition) is 2. The van der Waals surface area contributed by atoms with Crippen molar-refractivity contribution < 1.29 is 26.7 Å². The lowest BCUT2D eigenvalue weighted by molar-refractivity contribution is -0.0263. The number of carbonyl (C=O) groups excluding carboxylic acids is 1. The van der Waals surface area contributed by atoms with Crippen LogP contribution in [0.1, 0.15) is 36.2 Å². The average molecular weight is 416 g/mol. The Bertz CT molecular complexity index is 868. The van der Waals surface area contributed by atoms with Gasteiger partial charge in [0.1, 0.15) is 5.37 Å². The van der Waals surface area contributed by atoms with E-state index in [1.807, 2.05) is 0 Å². The van der Waals surface area contributed by atoms with E-state index in [1.54, 1.807) is 6.07 Å². The molecule has 3 aliphatic rings. The van der Waals surface area contributed by atoms with Gasteiger partial charge >= 0.3 is 0 Å². The van der Waals surface area contributed by atoms with Gasteiger partial charge in [0.15, 0.2) is 15.5 Å². The van der Waals surface area contributed by atoms with E-state index in [0.717, 1.165) is 12.8 Å². The van der Waals surface area contributed by atoms with Gasteiger partial charge in [0.05, 0.1) is 31.1 Å². The first-order valence-corrected chi connectivity index (χ1v) is 11.0. The van der Waals surface area contributed by atoms with E-state index in [-0.39, 0.29) is 23.0 Å². The number of hydrogen-bond acceptors (Lipinski definition) is 7. The lowest BCUT2D eigenvalue weighted by atomic mass is 10.1. The van der Waals surface area contributed by atoms with Crippen molar-refractivity contribution in [1.29, 1.82) is 0 Å². The number of halogens is 2. The molecular weight excluding hydrogens is 394 g/mol. The minimum atomic E-state index is -3.30. The lowest BCUT2D eigenvalue weighted by Gasteiger charge is -2.40. The van der Waals surface area contributed by atoms with Crippen molar-refractivity contribution in [2.24, 2.45) is 5.92 Å². The van der Waals surface area contributed by atoms with Gasteiger partial charge in [-0.05, 0) is 37.7 Å². The number of carbonyl (C=O) groups is 1. The highest BCUT2D eigenvalue weighted by Crippen LogP contribution is 2.34. The molecule has 0 bridgehead atoms. The van der Waals surface area contributed by atoms with Gasteiger partial charge in [0.2, 0.25) is 5.88 Å². The zero-order chi connectivity index (χ0) is 19.9. The number of amides is 1. The summed E-state index contributed by atoms with van der Waals surface area (Å²) in [4.78, 5) is 18.2. The number of nitrogens with one attached hydrogen (secondary N) is 2. The molecule has 0 aromatic carbocycles. The van der Waals surface area contributed by atoms with Crippen molar-refractivity contribution in [3.05, 3.63) is 17.8 Å². The molecule has 0 spiro atoms. The number of nitrogens with zero attached hydrogens (tertiary/aromatic N) is 2. The van der Waals surface area contributed by atoms with Gasteiger partial charge < -0.3 is 9.64 Å². The maximum Gasteiger partial charge on any atom is 0.286 e. The topological polar surface area (TPSA) is 101 Å². The average Bonchev–Trinajstić information content (AvgIpc) is 3.38. The molecular formula is C17H22F2N4O4S. The number of hydrazine groups is 1. The first kappa shape index (κ1) is 19.3. The third kappa shape index (κ3) is 4.19. The number of aromatic nitrogens is 1. The summed E-state index contributed by atoms with van der Waals surface area (Å²) in [5.74, 6) is -2.70. The molecule has 1 saturated carbocycles. The Labute approximate surface area is 161 Å². The molecule has 2 aliphatic heterocycles. The standard InChI is InChI=1S/C17H22F2N4O4S/c18-17(19)9-23(10-17)12-5-6-13(27-8-11-3-4-11)20-15(12)16(24)22-21-14-2-1-7-28(14,25)26/h5-6,11,14,21H,1-4,7-10H2,(H,22,24). The maximum absolute atomic E-state index is 13.3. The van der Waals surface area contributed by atoms with Crippen LogP contribution in [0.2, 0.25) is 0 Å². The van der Waals surface area contributed by atoms with Gasteiger partial charge in [0.25, 0.3) is 11.8 Å². The highest BCUT2D eigenvalue weighted by Gasteiger charge is 2.45. The molecule has 1 aromatic heterocycles. The van der Waals surface area contributed by atoms with E-state index in [0.29, 0.717) is 25.4 Å². The highest BCUT2D eigenvalue weighted by atomic mass is 32.2. The maximum atomic E-state index is 13.3. The molecule has 28 heavy (non-hydrogen) atoms. The molecule has 3 fully saturated rings. The first-order valence-electron chi connectivity index (χ1n) is 9.28. The van der Waals surface area contributed by atoms with Gasteiger partial charge in [-0.2, -0.15) is 0 Å². The summed E-state index contributed by atoms with van der Waals surface area (Å²) in [6.45, 7) is -0.503. The molecule has 1 amide bonds. The highest BCUT2D eigenvalue weighted by molar-refractivity contribution is 7.92. The van der Waals surface area contributed by atoms with Crippen molar-refractivity contribution in [2.45, 2.75) is 37.0 Å². The molecule has 1 atom stereocenters. The van der Waals surface area contributed by atoms with E-state index in [9.17, 15) is 22.0 Å². The minimum Gasteiger partial charge on any atom is -0.477 e. The number of sulfone groups is 1. The molecule has 11 heteroatoms. The van der Waals surface area contributed by atoms with Crippen LogP contribution in [-0.2, 0) is 9.84 Å². The van der Waals surface area contributed by atoms with Crippen molar-refractivity contribution in [1.82, 2.24) is 15.8 Å². The SMILES string of the molecule is O=C(NNC1CCCS1(=O)=O)c1nc(OCC2CC2)ccc1N1CC(F)(F)C1. The Hall–Kier alpha value is -2.01. The predicted molar refractivity (Wildman–Crippen MR) is 97.0 cm³/mol. The van der Waals surface area contributed by atoms with Crippen LogP contribution in [0.4, 0.5) is 14.5 Å². The molecule has 1 aliphatic carbocycles. The molecule has 2 N–H and O–H groups in total. The summed E-state index contributed by atoms with van der Waals surface area (Å²) < 4.78 is 55.9. The number of pyridine rings is 1. The number of alkyl halides is 2. The van der Waals surface area contributed by atoms with Crippen molar-refractivity contribution >= 4 is 21.4 Å². The molecule has 1 aromatic rings. The molecule has 1 unspecified atom stereocenters. The van der Waals surface area contributed by atoms with Crippen molar-refractivity contribution in [3.8, 4) is 5.88 Å². The molecule has 8 nitrogen and oxygen atoms in total. The smallest absolute Gasteiger partial charge is 0.286 e. The van der Waals surface area contributed by atoms with Crippen molar-refractivity contribution in [2.75, 3.05) is 30.3 Å². The number of anilines is 1. The summed E-state index contributed by atoms with van der Waals surface area (Å²) >= 11 is 0. The second kappa shape index (κ2) is 7.11. The van der Waals surface area contributed by atoms with Crippen LogP contribution < -0.4 is 20.5 Å². The Morgan fingerprint density at radius 2 is 2.04 bits per heavy atom. The normalized spacial score (nSPS) is 25.2. The second-order valence-corrected chi connectivity index (χ2v) is 9.88. The van der Waals surface area contributed by atoms with Crippen LogP contribution in [0.5, 0.6) is 5.88 Å². The van der Waals surface area contributed by atoms with Crippen LogP contribution in [0, 0.1) is 5.92 Å². The molecule has 4 rings (SSSR count). The second-order valence-electron chi connectivity index (χ2n) is 7.58. The van der Waals surface area contributed by atoms with E-state index < -0.39 is 40.1 Å². The molecule has 3 heterocycles. The Morgan fingerprint density at radius 1 is 1.29 bits per heavy atom. The summed E-state index contributed by atoms with van der Waals surface area (Å²) in [7, 11) is -3.30.